The van der Waals surface area contributed by atoms with E-state index in [1.807, 2.05) is 54.6 Å². The number of hydrogen-bond acceptors (Lipinski definition) is 4. The number of ether oxygens (including phenoxy) is 2. The van der Waals surface area contributed by atoms with Crippen molar-refractivity contribution >= 4 is 12.4 Å². The molecule has 0 bridgehead atoms. The number of hydrogen-bond donors (Lipinski definition) is 1. The summed E-state index contributed by atoms with van der Waals surface area (Å²) >= 11 is 0. The highest BCUT2D eigenvalue weighted by molar-refractivity contribution is 5.73. The maximum Gasteiger partial charge on any atom is 0.408 e. The van der Waals surface area contributed by atoms with Gasteiger partial charge in [0, 0.05) is 0 Å². The fraction of sp³-hybridized carbons (Fsp3) is 0.333. The second kappa shape index (κ2) is 9.04. The Morgan fingerprint density at radius 3 is 2.27 bits per heavy atom. The number of aldehydes is 1. The molecule has 0 spiro atoms. The van der Waals surface area contributed by atoms with Crippen LogP contribution >= 0.6 is 0 Å². The van der Waals surface area contributed by atoms with Crippen LogP contribution in [0.5, 0.6) is 5.75 Å². The minimum Gasteiger partial charge on any atom is -0.489 e. The average Bonchev–Trinajstić information content (AvgIpc) is 2.60. The molecule has 1 atom stereocenters. The number of nitrogens with one attached hydrogen (secondary N) is 1. The van der Waals surface area contributed by atoms with Gasteiger partial charge >= 0.3 is 6.09 Å². The van der Waals surface area contributed by atoms with Gasteiger partial charge in [-0.05, 0) is 50.5 Å². The SMILES string of the molecule is CC(C)(C)OC(=O)N[C@H](C=O)Cc1ccc(OCc2ccccc2)cc1. The van der Waals surface area contributed by atoms with Gasteiger partial charge in [-0.1, -0.05) is 42.5 Å². The molecule has 0 saturated heterocycles. The lowest BCUT2D eigenvalue weighted by Crippen LogP contribution is -2.41. The van der Waals surface area contributed by atoms with Gasteiger partial charge in [0.1, 0.15) is 24.2 Å². The van der Waals surface area contributed by atoms with E-state index in [0.29, 0.717) is 19.3 Å². The monoisotopic (exact) mass is 355 g/mol. The first-order valence-electron chi connectivity index (χ1n) is 8.56. The molecule has 0 aromatic heterocycles. The zero-order valence-corrected chi connectivity index (χ0v) is 15.4. The van der Waals surface area contributed by atoms with Gasteiger partial charge in [0.2, 0.25) is 0 Å². The van der Waals surface area contributed by atoms with Crippen molar-refractivity contribution in [2.75, 3.05) is 0 Å². The summed E-state index contributed by atoms with van der Waals surface area (Å²) in [4.78, 5) is 23.0. The maximum atomic E-state index is 11.8. The first-order valence-corrected chi connectivity index (χ1v) is 8.56. The van der Waals surface area contributed by atoms with Crippen molar-refractivity contribution in [1.29, 1.82) is 0 Å². The molecule has 2 rings (SSSR count). The topological polar surface area (TPSA) is 64.6 Å². The van der Waals surface area contributed by atoms with E-state index in [1.165, 1.54) is 0 Å². The van der Waals surface area contributed by atoms with Crippen LogP contribution in [0.25, 0.3) is 0 Å². The summed E-state index contributed by atoms with van der Waals surface area (Å²) in [5.74, 6) is 0.750. The van der Waals surface area contributed by atoms with E-state index in [-0.39, 0.29) is 0 Å². The van der Waals surface area contributed by atoms with E-state index in [9.17, 15) is 9.59 Å². The van der Waals surface area contributed by atoms with Crippen molar-refractivity contribution in [1.82, 2.24) is 5.32 Å². The van der Waals surface area contributed by atoms with Gasteiger partial charge in [0.25, 0.3) is 0 Å². The minimum absolute atomic E-state index is 0.391. The molecule has 0 aliphatic carbocycles. The number of benzene rings is 2. The fourth-order valence-corrected chi connectivity index (χ4v) is 2.31. The van der Waals surface area contributed by atoms with Crippen LogP contribution in [-0.2, 0) is 22.6 Å². The van der Waals surface area contributed by atoms with E-state index in [2.05, 4.69) is 5.32 Å². The number of carbonyl (C=O) groups is 2. The number of carbonyl (C=O) groups excluding carboxylic acids is 2. The van der Waals surface area contributed by atoms with Crippen LogP contribution in [0.1, 0.15) is 31.9 Å². The average molecular weight is 355 g/mol. The van der Waals surface area contributed by atoms with Crippen molar-refractivity contribution in [3.63, 3.8) is 0 Å². The van der Waals surface area contributed by atoms with Gasteiger partial charge in [0.15, 0.2) is 0 Å². The summed E-state index contributed by atoms with van der Waals surface area (Å²) in [5.41, 5.74) is 1.42. The molecule has 0 aliphatic rings. The van der Waals surface area contributed by atoms with E-state index < -0.39 is 17.7 Å². The van der Waals surface area contributed by atoms with Crippen LogP contribution in [-0.4, -0.2) is 24.0 Å². The predicted molar refractivity (Wildman–Crippen MR) is 100 cm³/mol. The van der Waals surface area contributed by atoms with Crippen molar-refractivity contribution < 1.29 is 19.1 Å². The first kappa shape index (κ1) is 19.5. The quantitative estimate of drug-likeness (QED) is 0.765. The Hall–Kier alpha value is -2.82. The molecular formula is C21H25NO4. The van der Waals surface area contributed by atoms with Crippen molar-refractivity contribution in [3.05, 3.63) is 65.7 Å². The molecule has 0 fully saturated rings. The predicted octanol–water partition coefficient (Wildman–Crippen LogP) is 3.90. The summed E-state index contributed by atoms with van der Waals surface area (Å²) in [7, 11) is 0. The molecule has 5 heteroatoms. The van der Waals surface area contributed by atoms with E-state index in [4.69, 9.17) is 9.47 Å². The zero-order chi connectivity index (χ0) is 19.0. The van der Waals surface area contributed by atoms with E-state index in [1.54, 1.807) is 20.8 Å². The molecule has 1 amide bonds. The van der Waals surface area contributed by atoms with Crippen LogP contribution < -0.4 is 10.1 Å². The van der Waals surface area contributed by atoms with Crippen LogP contribution in [0.2, 0.25) is 0 Å². The fourth-order valence-electron chi connectivity index (χ4n) is 2.31. The van der Waals surface area contributed by atoms with Crippen LogP contribution in [0, 0.1) is 0 Å². The Labute approximate surface area is 154 Å². The molecule has 26 heavy (non-hydrogen) atoms. The van der Waals surface area contributed by atoms with Gasteiger partial charge in [-0.2, -0.15) is 0 Å². The zero-order valence-electron chi connectivity index (χ0n) is 15.4. The van der Waals surface area contributed by atoms with Gasteiger partial charge in [-0.15, -0.1) is 0 Å². The van der Waals surface area contributed by atoms with Gasteiger partial charge in [-0.25, -0.2) is 4.79 Å². The second-order valence-electron chi connectivity index (χ2n) is 7.01. The maximum absolute atomic E-state index is 11.8. The van der Waals surface area contributed by atoms with Crippen LogP contribution in [0.3, 0.4) is 0 Å². The van der Waals surface area contributed by atoms with Gasteiger partial charge in [-0.3, -0.25) is 0 Å². The van der Waals surface area contributed by atoms with E-state index in [0.717, 1.165) is 16.9 Å². The number of alkyl carbamates (subject to hydrolysis) is 1. The molecule has 5 nitrogen and oxygen atoms in total. The van der Waals surface area contributed by atoms with Gasteiger partial charge in [0.05, 0.1) is 6.04 Å². The Morgan fingerprint density at radius 2 is 1.69 bits per heavy atom. The summed E-state index contributed by atoms with van der Waals surface area (Å²) in [5, 5.41) is 2.57. The Bertz CT molecular complexity index is 705. The lowest BCUT2D eigenvalue weighted by Gasteiger charge is -2.21. The molecule has 0 unspecified atom stereocenters. The summed E-state index contributed by atoms with van der Waals surface area (Å²) in [6, 6.07) is 16.8. The highest BCUT2D eigenvalue weighted by Crippen LogP contribution is 2.15. The number of amides is 1. The lowest BCUT2D eigenvalue weighted by molar-refractivity contribution is -0.109. The summed E-state index contributed by atoms with van der Waals surface area (Å²) in [6.45, 7) is 5.82. The Morgan fingerprint density at radius 1 is 1.04 bits per heavy atom. The lowest BCUT2D eigenvalue weighted by atomic mass is 10.1. The second-order valence-corrected chi connectivity index (χ2v) is 7.01. The largest absolute Gasteiger partial charge is 0.489 e. The molecule has 2 aromatic rings. The molecule has 0 aliphatic heterocycles. The molecule has 1 N–H and O–H groups in total. The van der Waals surface area contributed by atoms with Crippen molar-refractivity contribution in [3.8, 4) is 5.75 Å². The van der Waals surface area contributed by atoms with E-state index >= 15 is 0 Å². The van der Waals surface area contributed by atoms with Gasteiger partial charge < -0.3 is 19.6 Å². The van der Waals surface area contributed by atoms with Crippen molar-refractivity contribution in [2.24, 2.45) is 0 Å². The molecule has 2 aromatic carbocycles. The highest BCUT2D eigenvalue weighted by Gasteiger charge is 2.19. The molecule has 0 radical (unpaired) electrons. The highest BCUT2D eigenvalue weighted by atomic mass is 16.6. The molecule has 138 valence electrons. The van der Waals surface area contributed by atoms with Crippen LogP contribution in [0.4, 0.5) is 4.79 Å². The van der Waals surface area contributed by atoms with Crippen molar-refractivity contribution in [2.45, 2.75) is 45.4 Å². The van der Waals surface area contributed by atoms with Crippen LogP contribution in [0.15, 0.2) is 54.6 Å². The minimum atomic E-state index is -0.638. The normalized spacial score (nSPS) is 12.1. The Kier molecular flexibility index (Phi) is 6.78. The molecule has 0 heterocycles. The Balaban J connectivity index is 1.86. The smallest absolute Gasteiger partial charge is 0.408 e. The standard InChI is InChI=1S/C21H25NO4/c1-21(2,3)26-20(24)22-18(14-23)13-16-9-11-19(12-10-16)25-15-17-7-5-4-6-8-17/h4-12,14,18H,13,15H2,1-3H3,(H,22,24)/t18-/m0/s1. The molecule has 0 saturated carbocycles. The third-order valence-electron chi connectivity index (χ3n) is 3.49. The number of rotatable bonds is 7. The first-order chi connectivity index (χ1) is 12.4. The molecular weight excluding hydrogens is 330 g/mol. The summed E-state index contributed by atoms with van der Waals surface area (Å²) in [6.07, 6.45) is 0.503. The summed E-state index contributed by atoms with van der Waals surface area (Å²) < 4.78 is 10.9. The third kappa shape index (κ3) is 6.97. The third-order valence-corrected chi connectivity index (χ3v) is 3.49.